The summed E-state index contributed by atoms with van der Waals surface area (Å²) in [6.07, 6.45) is 5.33. The van der Waals surface area contributed by atoms with Crippen LogP contribution >= 0.6 is 0 Å². The van der Waals surface area contributed by atoms with Gasteiger partial charge >= 0.3 is 12.1 Å². The zero-order valence-corrected chi connectivity index (χ0v) is 18.1. The van der Waals surface area contributed by atoms with Crippen molar-refractivity contribution in [1.82, 2.24) is 4.90 Å². The van der Waals surface area contributed by atoms with Crippen LogP contribution in [0.15, 0.2) is 18.2 Å². The van der Waals surface area contributed by atoms with Crippen LogP contribution in [0.4, 0.5) is 4.79 Å². The predicted octanol–water partition coefficient (Wildman–Crippen LogP) is 4.15. The molecule has 29 heavy (non-hydrogen) atoms. The first kappa shape index (κ1) is 22.6. The minimum atomic E-state index is -0.496. The lowest BCUT2D eigenvalue weighted by atomic mass is 9.95. The summed E-state index contributed by atoms with van der Waals surface area (Å²) in [7, 11) is 4.40. The molecule has 0 aromatic heterocycles. The number of nitrogens with zero attached hydrogens (tertiary/aromatic N) is 1. The van der Waals surface area contributed by atoms with Gasteiger partial charge in [-0.25, -0.2) is 9.59 Å². The maximum Gasteiger partial charge on any atom is 0.410 e. The summed E-state index contributed by atoms with van der Waals surface area (Å²) >= 11 is 0. The van der Waals surface area contributed by atoms with E-state index in [1.165, 1.54) is 14.2 Å². The number of carbonyl (C=O) groups excluding carboxylic acids is 2. The van der Waals surface area contributed by atoms with E-state index in [2.05, 4.69) is 6.08 Å². The molecule has 1 aromatic rings. The molecule has 7 nitrogen and oxygen atoms in total. The molecule has 160 valence electrons. The van der Waals surface area contributed by atoms with Gasteiger partial charge in [0.15, 0.2) is 0 Å². The van der Waals surface area contributed by atoms with Gasteiger partial charge in [-0.3, -0.25) is 0 Å². The standard InChI is InChI=1S/C22H31NO6/c1-22(2,3)29-21(25)23-11-9-15(10-12-23)7-8-16-13-17(26-4)14-18(27-5)19(16)20(24)28-6/h7-8,13-15H,9-12H2,1-6H3. The Labute approximate surface area is 172 Å². The second kappa shape index (κ2) is 9.67. The van der Waals surface area contributed by atoms with Gasteiger partial charge < -0.3 is 23.8 Å². The van der Waals surface area contributed by atoms with E-state index < -0.39 is 11.6 Å². The minimum Gasteiger partial charge on any atom is -0.497 e. The van der Waals surface area contributed by atoms with E-state index >= 15 is 0 Å². The Hall–Kier alpha value is -2.70. The van der Waals surface area contributed by atoms with E-state index in [1.54, 1.807) is 24.1 Å². The van der Waals surface area contributed by atoms with Gasteiger partial charge in [-0.2, -0.15) is 0 Å². The quantitative estimate of drug-likeness (QED) is 0.685. The number of piperidine rings is 1. The van der Waals surface area contributed by atoms with Crippen LogP contribution in [0.2, 0.25) is 0 Å². The van der Waals surface area contributed by atoms with Crippen LogP contribution in [0.25, 0.3) is 6.08 Å². The van der Waals surface area contributed by atoms with Gasteiger partial charge in [0.25, 0.3) is 0 Å². The van der Waals surface area contributed by atoms with Crippen LogP contribution in [0.3, 0.4) is 0 Å². The smallest absolute Gasteiger partial charge is 0.410 e. The second-order valence-corrected chi connectivity index (χ2v) is 7.95. The van der Waals surface area contributed by atoms with Crippen molar-refractivity contribution >= 4 is 18.1 Å². The van der Waals surface area contributed by atoms with Gasteiger partial charge in [0.05, 0.1) is 21.3 Å². The molecule has 0 atom stereocenters. The number of hydrogen-bond acceptors (Lipinski definition) is 6. The molecule has 7 heteroatoms. The number of benzene rings is 1. The highest BCUT2D eigenvalue weighted by atomic mass is 16.6. The molecule has 1 fully saturated rings. The second-order valence-electron chi connectivity index (χ2n) is 7.95. The molecule has 1 saturated heterocycles. The maximum absolute atomic E-state index is 12.3. The third kappa shape index (κ3) is 6.14. The van der Waals surface area contributed by atoms with E-state index in [4.69, 9.17) is 18.9 Å². The van der Waals surface area contributed by atoms with E-state index in [0.717, 1.165) is 12.8 Å². The van der Waals surface area contributed by atoms with Crippen molar-refractivity contribution in [1.29, 1.82) is 0 Å². The van der Waals surface area contributed by atoms with Gasteiger partial charge in [-0.1, -0.05) is 12.2 Å². The fourth-order valence-corrected chi connectivity index (χ4v) is 3.18. The van der Waals surface area contributed by atoms with Crippen LogP contribution in [0, 0.1) is 5.92 Å². The average Bonchev–Trinajstić information content (AvgIpc) is 2.69. The zero-order chi connectivity index (χ0) is 21.6. The molecule has 1 amide bonds. The van der Waals surface area contributed by atoms with Crippen LogP contribution in [-0.4, -0.2) is 57.0 Å². The summed E-state index contributed by atoms with van der Waals surface area (Å²) in [4.78, 5) is 26.2. The molecular weight excluding hydrogens is 374 g/mol. The Morgan fingerprint density at radius 1 is 1.07 bits per heavy atom. The number of amides is 1. The molecule has 2 rings (SSSR count). The largest absolute Gasteiger partial charge is 0.497 e. The van der Waals surface area contributed by atoms with Gasteiger partial charge in [0, 0.05) is 19.2 Å². The maximum atomic E-state index is 12.3. The fourth-order valence-electron chi connectivity index (χ4n) is 3.18. The first-order chi connectivity index (χ1) is 13.7. The average molecular weight is 405 g/mol. The molecule has 0 aliphatic carbocycles. The van der Waals surface area contributed by atoms with Gasteiger partial charge in [0.2, 0.25) is 0 Å². The van der Waals surface area contributed by atoms with Crippen molar-refractivity contribution in [3.8, 4) is 11.5 Å². The number of esters is 1. The third-order valence-electron chi connectivity index (χ3n) is 4.69. The number of hydrogen-bond donors (Lipinski definition) is 0. The van der Waals surface area contributed by atoms with Crippen molar-refractivity contribution in [3.63, 3.8) is 0 Å². The van der Waals surface area contributed by atoms with Crippen molar-refractivity contribution in [3.05, 3.63) is 29.3 Å². The molecule has 1 aromatic carbocycles. The first-order valence-corrected chi connectivity index (χ1v) is 9.69. The van der Waals surface area contributed by atoms with Crippen molar-refractivity contribution in [2.75, 3.05) is 34.4 Å². The lowest BCUT2D eigenvalue weighted by Crippen LogP contribution is -2.41. The lowest BCUT2D eigenvalue weighted by molar-refractivity contribution is 0.0197. The highest BCUT2D eigenvalue weighted by molar-refractivity contribution is 5.97. The minimum absolute atomic E-state index is 0.273. The summed E-state index contributed by atoms with van der Waals surface area (Å²) in [5.74, 6) is 0.810. The summed E-state index contributed by atoms with van der Waals surface area (Å²) in [5.41, 5.74) is 0.532. The van der Waals surface area contributed by atoms with Crippen LogP contribution in [0.1, 0.15) is 49.5 Å². The predicted molar refractivity (Wildman–Crippen MR) is 110 cm³/mol. The molecule has 0 bridgehead atoms. The number of rotatable bonds is 5. The summed E-state index contributed by atoms with van der Waals surface area (Å²) in [6, 6.07) is 3.43. The number of likely N-dealkylation sites (tertiary alicyclic amines) is 1. The summed E-state index contributed by atoms with van der Waals surface area (Å²) < 4.78 is 21.0. The Kier molecular flexibility index (Phi) is 7.53. The molecule has 0 radical (unpaired) electrons. The van der Waals surface area contributed by atoms with E-state index in [0.29, 0.717) is 35.7 Å². The highest BCUT2D eigenvalue weighted by Crippen LogP contribution is 2.31. The molecule has 1 aliphatic rings. The molecule has 0 N–H and O–H groups in total. The van der Waals surface area contributed by atoms with Crippen LogP contribution in [0.5, 0.6) is 11.5 Å². The molecular formula is C22H31NO6. The van der Waals surface area contributed by atoms with E-state index in [9.17, 15) is 9.59 Å². The first-order valence-electron chi connectivity index (χ1n) is 9.69. The Balaban J connectivity index is 2.12. The van der Waals surface area contributed by atoms with Crippen molar-refractivity contribution in [2.24, 2.45) is 5.92 Å². The van der Waals surface area contributed by atoms with Crippen LogP contribution < -0.4 is 9.47 Å². The zero-order valence-electron chi connectivity index (χ0n) is 18.1. The SMILES string of the molecule is COC(=O)c1c(C=CC2CCN(C(=O)OC(C)(C)C)CC2)cc(OC)cc1OC. The normalized spacial score (nSPS) is 15.3. The molecule has 0 saturated carbocycles. The molecule has 0 unspecified atom stereocenters. The molecule has 1 heterocycles. The topological polar surface area (TPSA) is 74.3 Å². The Morgan fingerprint density at radius 3 is 2.24 bits per heavy atom. The van der Waals surface area contributed by atoms with Crippen LogP contribution in [-0.2, 0) is 9.47 Å². The summed E-state index contributed by atoms with van der Waals surface area (Å²) in [5, 5.41) is 0. The van der Waals surface area contributed by atoms with Crippen molar-refractivity contribution in [2.45, 2.75) is 39.2 Å². The third-order valence-corrected chi connectivity index (χ3v) is 4.69. The Bertz CT molecular complexity index is 757. The van der Waals surface area contributed by atoms with Gasteiger partial charge in [0.1, 0.15) is 22.7 Å². The number of ether oxygens (including phenoxy) is 4. The van der Waals surface area contributed by atoms with Crippen molar-refractivity contribution < 1.29 is 28.5 Å². The van der Waals surface area contributed by atoms with Gasteiger partial charge in [-0.05, 0) is 51.2 Å². The Morgan fingerprint density at radius 2 is 1.72 bits per heavy atom. The monoisotopic (exact) mass is 405 g/mol. The van der Waals surface area contributed by atoms with E-state index in [1.807, 2.05) is 26.8 Å². The van der Waals surface area contributed by atoms with E-state index in [-0.39, 0.29) is 12.0 Å². The molecule has 0 spiro atoms. The van der Waals surface area contributed by atoms with Gasteiger partial charge in [-0.15, -0.1) is 0 Å². The number of carbonyl (C=O) groups is 2. The highest BCUT2D eigenvalue weighted by Gasteiger charge is 2.26. The lowest BCUT2D eigenvalue weighted by Gasteiger charge is -2.32. The number of methoxy groups -OCH3 is 3. The molecule has 1 aliphatic heterocycles. The summed E-state index contributed by atoms with van der Waals surface area (Å²) in [6.45, 7) is 6.86. The number of allylic oxidation sites excluding steroid dienone is 1. The fraction of sp³-hybridized carbons (Fsp3) is 0.545.